The number of amides is 4. The van der Waals surface area contributed by atoms with E-state index < -0.39 is 63.0 Å². The number of rotatable bonds is 9. The van der Waals surface area contributed by atoms with Crippen molar-refractivity contribution in [2.24, 2.45) is 5.41 Å². The van der Waals surface area contributed by atoms with Gasteiger partial charge in [0.2, 0.25) is 21.8 Å². The van der Waals surface area contributed by atoms with Gasteiger partial charge in [0, 0.05) is 28.6 Å². The number of alkyl carbamates (subject to hydrolysis) is 1. The average Bonchev–Trinajstić information content (AvgIpc) is 3.18. The first-order valence-corrected chi connectivity index (χ1v) is 22.1. The number of aromatic nitrogens is 1. The van der Waals surface area contributed by atoms with Gasteiger partial charge in [-0.05, 0) is 81.7 Å². The first-order chi connectivity index (χ1) is 28.8. The van der Waals surface area contributed by atoms with Gasteiger partial charge in [-0.15, -0.1) is 0 Å². The van der Waals surface area contributed by atoms with Crippen molar-refractivity contribution in [1.82, 2.24) is 25.7 Å². The number of carbonyl (C=O) groups is 4. The predicted molar refractivity (Wildman–Crippen MR) is 235 cm³/mol. The van der Waals surface area contributed by atoms with Crippen LogP contribution in [0.2, 0.25) is 0 Å². The van der Waals surface area contributed by atoms with Gasteiger partial charge >= 0.3 is 6.09 Å². The molecule has 0 fully saturated rings. The van der Waals surface area contributed by atoms with Gasteiger partial charge in [0.1, 0.15) is 41.0 Å². The molecule has 0 saturated carbocycles. The number of allylic oxidation sites excluding steroid dienone is 1. The molecule has 4 amide bonds. The molecule has 4 N–H and O–H groups in total. The van der Waals surface area contributed by atoms with Crippen LogP contribution in [0.3, 0.4) is 0 Å². The molecule has 0 unspecified atom stereocenters. The molecule has 2 heterocycles. The fourth-order valence-electron chi connectivity index (χ4n) is 6.71. The van der Waals surface area contributed by atoms with Crippen molar-refractivity contribution in [2.45, 2.75) is 104 Å². The minimum Gasteiger partial charge on any atom is -0.497 e. The van der Waals surface area contributed by atoms with Crippen LogP contribution in [-0.2, 0) is 29.1 Å². The molecule has 1 aliphatic heterocycles. The number of carbonyl (C=O) groups excluding carboxylic acids is 4. The zero-order valence-electron chi connectivity index (χ0n) is 36.1. The Balaban J connectivity index is 1.63. The Hall–Kier alpha value is -5.96. The van der Waals surface area contributed by atoms with Crippen LogP contribution in [0.5, 0.6) is 17.2 Å². The first-order valence-electron chi connectivity index (χ1n) is 20.4. The van der Waals surface area contributed by atoms with Crippen LogP contribution in [0.1, 0.15) is 97.7 Å². The molecule has 4 aromatic rings. The molecular weight excluding hydrogens is 799 g/mol. The molecule has 3 aromatic carbocycles. The Kier molecular flexibility index (Phi) is 14.8. The zero-order valence-corrected chi connectivity index (χ0v) is 36.9. The number of fused-ring (bicyclic) bond motifs is 3. The lowest BCUT2D eigenvalue weighted by Gasteiger charge is -2.33. The highest BCUT2D eigenvalue weighted by atomic mass is 32.2. The number of sulfonamides is 1. The van der Waals surface area contributed by atoms with E-state index in [0.29, 0.717) is 64.2 Å². The van der Waals surface area contributed by atoms with Crippen LogP contribution in [0, 0.1) is 5.41 Å². The third-order valence-corrected chi connectivity index (χ3v) is 11.1. The number of hydrogen-bond donors (Lipinski definition) is 4. The zero-order chi connectivity index (χ0) is 44.5. The van der Waals surface area contributed by atoms with Crippen molar-refractivity contribution >= 4 is 50.8 Å². The number of hydrogen-bond acceptors (Lipinski definition) is 10. The summed E-state index contributed by atoms with van der Waals surface area (Å²) < 4.78 is 45.7. The normalized spacial score (nSPS) is 18.5. The summed E-state index contributed by atoms with van der Waals surface area (Å²) in [6, 6.07) is 18.3. The van der Waals surface area contributed by atoms with E-state index >= 15 is 0 Å². The summed E-state index contributed by atoms with van der Waals surface area (Å²) >= 11 is 0. The standard InChI is InChI=1S/C46H57N5O9S/c1-9-17-34-41(52)51-61(56,57)25-16-11-10-13-20-30-26-31(39(42(53)48-34)49-43(54)40(45(2,3)4)50-44(55)60-46(5,6)7)21-24-37(30)59-38-28-35(29-18-14-12-15-19-29)47-36-27-32(58-8)22-23-33(36)38/h12-15,18-24,26-28,34,39-40H,9-11,16-17,25H2,1-8H3,(H,48,53)(H,49,54)(H,50,55)(H,51,52)/b20-13+/t34-,39+,40+/m0/s1. The largest absolute Gasteiger partial charge is 0.497 e. The van der Waals surface area contributed by atoms with Crippen LogP contribution in [-0.4, -0.2) is 67.8 Å². The summed E-state index contributed by atoms with van der Waals surface area (Å²) in [6.07, 6.45) is 4.72. The van der Waals surface area contributed by atoms with Crippen LogP contribution < -0.4 is 30.1 Å². The molecule has 14 nitrogen and oxygen atoms in total. The number of benzene rings is 3. The van der Waals surface area contributed by atoms with Crippen molar-refractivity contribution in [3.8, 4) is 28.5 Å². The number of methoxy groups -OCH3 is 1. The Morgan fingerprint density at radius 1 is 0.918 bits per heavy atom. The van der Waals surface area contributed by atoms with Gasteiger partial charge in [-0.1, -0.05) is 82.7 Å². The smallest absolute Gasteiger partial charge is 0.408 e. The summed E-state index contributed by atoms with van der Waals surface area (Å²) in [6.45, 7) is 12.2. The van der Waals surface area contributed by atoms with E-state index in [9.17, 15) is 27.6 Å². The lowest BCUT2D eigenvalue weighted by atomic mass is 9.86. The van der Waals surface area contributed by atoms with Gasteiger partial charge in [-0.3, -0.25) is 19.1 Å². The van der Waals surface area contributed by atoms with Gasteiger partial charge in [0.15, 0.2) is 0 Å². The maximum Gasteiger partial charge on any atom is 0.408 e. The molecule has 0 spiro atoms. The van der Waals surface area contributed by atoms with Gasteiger partial charge in [0.25, 0.3) is 5.91 Å². The Morgan fingerprint density at radius 3 is 2.33 bits per heavy atom. The van der Waals surface area contributed by atoms with Gasteiger partial charge in [-0.2, -0.15) is 0 Å². The maximum atomic E-state index is 14.4. The monoisotopic (exact) mass is 855 g/mol. The number of ether oxygens (including phenoxy) is 3. The highest BCUT2D eigenvalue weighted by Crippen LogP contribution is 2.37. The summed E-state index contributed by atoms with van der Waals surface area (Å²) in [5, 5.41) is 8.89. The van der Waals surface area contributed by atoms with E-state index in [4.69, 9.17) is 19.2 Å². The number of nitrogens with one attached hydrogen (secondary N) is 4. The molecule has 1 aliphatic rings. The topological polar surface area (TPSA) is 191 Å². The Bertz CT molecular complexity index is 2370. The molecule has 61 heavy (non-hydrogen) atoms. The van der Waals surface area contributed by atoms with E-state index in [1.54, 1.807) is 73.8 Å². The lowest BCUT2D eigenvalue weighted by molar-refractivity contribution is -0.133. The second kappa shape index (κ2) is 19.6. The van der Waals surface area contributed by atoms with Crippen LogP contribution in [0.4, 0.5) is 4.79 Å². The number of pyridine rings is 1. The molecule has 0 radical (unpaired) electrons. The second-order valence-electron chi connectivity index (χ2n) is 17.1. The minimum atomic E-state index is -4.02. The second-order valence-corrected chi connectivity index (χ2v) is 18.9. The Morgan fingerprint density at radius 2 is 1.66 bits per heavy atom. The Labute approximate surface area is 358 Å². The molecule has 3 atom stereocenters. The van der Waals surface area contributed by atoms with Crippen molar-refractivity contribution in [2.75, 3.05) is 12.9 Å². The summed E-state index contributed by atoms with van der Waals surface area (Å²) in [4.78, 5) is 60.0. The molecule has 5 rings (SSSR count). The highest BCUT2D eigenvalue weighted by molar-refractivity contribution is 7.90. The highest BCUT2D eigenvalue weighted by Gasteiger charge is 2.37. The fraction of sp³-hybridized carbons (Fsp3) is 0.413. The lowest BCUT2D eigenvalue weighted by Crippen LogP contribution is -2.57. The summed E-state index contributed by atoms with van der Waals surface area (Å²) in [5.74, 6) is -1.11. The molecule has 0 saturated heterocycles. The molecule has 2 bridgehead atoms. The quantitative estimate of drug-likeness (QED) is 0.130. The molecule has 0 aliphatic carbocycles. The van der Waals surface area contributed by atoms with E-state index in [0.717, 1.165) is 5.56 Å². The van der Waals surface area contributed by atoms with Crippen molar-refractivity contribution < 1.29 is 41.8 Å². The first kappa shape index (κ1) is 46.1. The average molecular weight is 856 g/mol. The SMILES string of the molecule is CCC[C@@H]1NC(=O)[C@H](NC(=O)[C@@H](NC(=O)OC(C)(C)C)C(C)(C)C)c2ccc(Oc3cc(-c4ccccc4)nc4cc(OC)ccc34)c(c2)/C=C/CCCCS(=O)(=O)NC1=O. The van der Waals surface area contributed by atoms with Crippen molar-refractivity contribution in [3.05, 3.63) is 90.0 Å². The molecular formula is C46H57N5O9S. The maximum absolute atomic E-state index is 14.4. The molecule has 326 valence electrons. The molecule has 1 aromatic heterocycles. The van der Waals surface area contributed by atoms with E-state index in [-0.39, 0.29) is 18.6 Å². The molecule has 15 heteroatoms. The predicted octanol–water partition coefficient (Wildman–Crippen LogP) is 7.73. The van der Waals surface area contributed by atoms with Crippen LogP contribution >= 0.6 is 0 Å². The summed E-state index contributed by atoms with van der Waals surface area (Å²) in [5.41, 5.74) is 1.35. The number of nitrogens with zero attached hydrogens (tertiary/aromatic N) is 1. The van der Waals surface area contributed by atoms with Gasteiger partial charge in [-0.25, -0.2) is 18.2 Å². The van der Waals surface area contributed by atoms with E-state index in [1.807, 2.05) is 66.7 Å². The van der Waals surface area contributed by atoms with Gasteiger partial charge < -0.3 is 30.2 Å². The van der Waals surface area contributed by atoms with Crippen LogP contribution in [0.15, 0.2) is 78.9 Å². The van der Waals surface area contributed by atoms with Gasteiger partial charge in [0.05, 0.1) is 24.1 Å². The van der Waals surface area contributed by atoms with Crippen LogP contribution in [0.25, 0.3) is 28.2 Å². The third kappa shape index (κ3) is 12.8. The summed E-state index contributed by atoms with van der Waals surface area (Å²) in [7, 11) is -2.43. The van der Waals surface area contributed by atoms with E-state index in [2.05, 4.69) is 20.7 Å². The minimum absolute atomic E-state index is 0.121. The third-order valence-electron chi connectivity index (χ3n) is 9.77. The van der Waals surface area contributed by atoms with Crippen molar-refractivity contribution in [3.63, 3.8) is 0 Å². The fourth-order valence-corrected chi connectivity index (χ4v) is 7.85. The van der Waals surface area contributed by atoms with E-state index in [1.165, 1.54) is 0 Å². The van der Waals surface area contributed by atoms with Crippen molar-refractivity contribution in [1.29, 1.82) is 0 Å².